The highest BCUT2D eigenvalue weighted by Gasteiger charge is 2.54. The molecule has 0 aromatic carbocycles. The van der Waals surface area contributed by atoms with Crippen molar-refractivity contribution < 1.29 is 34.0 Å². The second kappa shape index (κ2) is 9.36. The first kappa shape index (κ1) is 24.5. The van der Waals surface area contributed by atoms with E-state index in [0.29, 0.717) is 35.7 Å². The number of nitrogen functional groups attached to an aromatic ring is 1. The summed E-state index contributed by atoms with van der Waals surface area (Å²) in [5.41, 5.74) is 5.62. The first-order valence-corrected chi connectivity index (χ1v) is 12.7. The molecular formula is C21H19N7O7S2. The standard InChI is InChI=1S/C21H19N7O7S2/c1-8-4-12(26-35-8)27-3-2-9(17(27)30)5-10-6-36-19-14(18(31)28(19)15(10)20(32)33)24-16(29)13(25-34)11-7-37-21(22)23-11/h4-5,7,14,19,34H,2-3,6H2,1H3,(H2,22,23)(H,24,29)(H,32,33)/b9-5?,25-13-/t14-,19-/m1/s1. The number of amides is 3. The Bertz CT molecular complexity index is 1430. The Kier molecular flexibility index (Phi) is 6.20. The SMILES string of the molecule is Cc1cc(N2CCC(=CC3=C(C(=O)O)N4C(=O)[C@@H](NC(=O)/C(=N\O)c5csc(N)n5)[C@H]4SC3)C2=O)no1. The Balaban J connectivity index is 1.35. The fourth-order valence-corrected chi connectivity index (χ4v) is 6.08. The monoisotopic (exact) mass is 545 g/mol. The zero-order valence-electron chi connectivity index (χ0n) is 19.1. The van der Waals surface area contributed by atoms with Gasteiger partial charge in [0, 0.05) is 29.3 Å². The molecule has 3 aliphatic rings. The Hall–Kier alpha value is -4.18. The van der Waals surface area contributed by atoms with Crippen LogP contribution in [0.1, 0.15) is 17.9 Å². The lowest BCUT2D eigenvalue weighted by Gasteiger charge is -2.49. The molecule has 2 atom stereocenters. The molecule has 2 fully saturated rings. The van der Waals surface area contributed by atoms with Crippen molar-refractivity contribution in [2.75, 3.05) is 22.9 Å². The molecule has 37 heavy (non-hydrogen) atoms. The van der Waals surface area contributed by atoms with E-state index in [4.69, 9.17) is 10.3 Å². The van der Waals surface area contributed by atoms with E-state index < -0.39 is 34.9 Å². The lowest BCUT2D eigenvalue weighted by Crippen LogP contribution is -2.71. The van der Waals surface area contributed by atoms with Gasteiger partial charge in [-0.05, 0) is 25.0 Å². The molecule has 2 aromatic rings. The number of β-lactam (4-membered cyclic amide) rings is 1. The number of carbonyl (C=O) groups excluding carboxylic acids is 3. The Morgan fingerprint density at radius 2 is 2.16 bits per heavy atom. The topological polar surface area (TPSA) is 205 Å². The number of nitrogens with two attached hydrogens (primary N) is 1. The number of thioether (sulfide) groups is 1. The van der Waals surface area contributed by atoms with Crippen LogP contribution in [0, 0.1) is 6.92 Å². The maximum atomic E-state index is 12.9. The highest BCUT2D eigenvalue weighted by atomic mass is 32.2. The van der Waals surface area contributed by atoms with Gasteiger partial charge in [0.1, 0.15) is 28.6 Å². The first-order valence-electron chi connectivity index (χ1n) is 10.8. The zero-order valence-corrected chi connectivity index (χ0v) is 20.7. The third-order valence-corrected chi connectivity index (χ3v) is 7.91. The van der Waals surface area contributed by atoms with Crippen molar-refractivity contribution in [3.8, 4) is 0 Å². The molecule has 16 heteroatoms. The van der Waals surface area contributed by atoms with Gasteiger partial charge in [0.2, 0.25) is 0 Å². The lowest BCUT2D eigenvalue weighted by molar-refractivity contribution is -0.150. The predicted molar refractivity (Wildman–Crippen MR) is 131 cm³/mol. The van der Waals surface area contributed by atoms with Crippen LogP contribution in [0.3, 0.4) is 0 Å². The van der Waals surface area contributed by atoms with Crippen LogP contribution in [0.15, 0.2) is 44.0 Å². The largest absolute Gasteiger partial charge is 0.477 e. The van der Waals surface area contributed by atoms with Gasteiger partial charge in [0.15, 0.2) is 16.7 Å². The second-order valence-corrected chi connectivity index (χ2v) is 10.2. The minimum atomic E-state index is -1.33. The average molecular weight is 546 g/mol. The molecular weight excluding hydrogens is 526 g/mol. The molecule has 0 aliphatic carbocycles. The van der Waals surface area contributed by atoms with Gasteiger partial charge < -0.3 is 25.9 Å². The lowest BCUT2D eigenvalue weighted by atomic mass is 10.0. The Morgan fingerprint density at radius 3 is 2.78 bits per heavy atom. The number of hydrogen-bond donors (Lipinski definition) is 4. The van der Waals surface area contributed by atoms with Gasteiger partial charge in [-0.3, -0.25) is 24.2 Å². The number of nitrogens with one attached hydrogen (secondary N) is 1. The van der Waals surface area contributed by atoms with Gasteiger partial charge in [-0.1, -0.05) is 10.3 Å². The zero-order chi connectivity index (χ0) is 26.4. The molecule has 3 aliphatic heterocycles. The summed E-state index contributed by atoms with van der Waals surface area (Å²) in [5, 5.41) is 29.4. The average Bonchev–Trinajstić information content (AvgIpc) is 3.58. The summed E-state index contributed by atoms with van der Waals surface area (Å²) in [6.45, 7) is 2.07. The van der Waals surface area contributed by atoms with Crippen molar-refractivity contribution in [1.29, 1.82) is 0 Å². The number of carbonyl (C=O) groups is 4. The third-order valence-electron chi connectivity index (χ3n) is 5.93. The number of anilines is 2. The first-order chi connectivity index (χ1) is 17.7. The van der Waals surface area contributed by atoms with Crippen molar-refractivity contribution in [2.45, 2.75) is 24.8 Å². The van der Waals surface area contributed by atoms with Crippen LogP contribution in [0.5, 0.6) is 0 Å². The highest BCUT2D eigenvalue weighted by Crippen LogP contribution is 2.41. The van der Waals surface area contributed by atoms with E-state index in [1.54, 1.807) is 13.0 Å². The normalized spacial score (nSPS) is 22.9. The molecule has 3 amide bonds. The van der Waals surface area contributed by atoms with Gasteiger partial charge >= 0.3 is 5.97 Å². The number of hydrogen-bond acceptors (Lipinski definition) is 12. The number of rotatable bonds is 6. The molecule has 0 spiro atoms. The van der Waals surface area contributed by atoms with Crippen LogP contribution in [-0.2, 0) is 19.2 Å². The predicted octanol–water partition coefficient (Wildman–Crippen LogP) is 0.302. The minimum Gasteiger partial charge on any atom is -0.477 e. The molecule has 0 bridgehead atoms. The van der Waals surface area contributed by atoms with Crippen molar-refractivity contribution >= 4 is 63.5 Å². The number of thiazole rings is 1. The number of fused-ring (bicyclic) bond motifs is 1. The summed E-state index contributed by atoms with van der Waals surface area (Å²) in [6.07, 6.45) is 1.87. The van der Waals surface area contributed by atoms with E-state index in [0.717, 1.165) is 16.2 Å². The summed E-state index contributed by atoms with van der Waals surface area (Å²) in [7, 11) is 0. The summed E-state index contributed by atoms with van der Waals surface area (Å²) >= 11 is 2.28. The fourth-order valence-electron chi connectivity index (χ4n) is 4.23. The van der Waals surface area contributed by atoms with E-state index in [9.17, 15) is 29.5 Å². The number of carboxylic acids is 1. The fraction of sp³-hybridized carbons (Fsp3) is 0.286. The van der Waals surface area contributed by atoms with Gasteiger partial charge in [-0.15, -0.1) is 23.1 Å². The van der Waals surface area contributed by atoms with Crippen LogP contribution < -0.4 is 16.0 Å². The maximum absolute atomic E-state index is 12.9. The molecule has 0 radical (unpaired) electrons. The smallest absolute Gasteiger partial charge is 0.352 e. The quantitative estimate of drug-likeness (QED) is 0.128. The number of oxime groups is 1. The molecule has 2 aromatic heterocycles. The number of carboxylic acid groups (broad SMARTS) is 1. The van der Waals surface area contributed by atoms with Crippen molar-refractivity contribution in [3.05, 3.63) is 45.8 Å². The van der Waals surface area contributed by atoms with Crippen LogP contribution >= 0.6 is 23.1 Å². The van der Waals surface area contributed by atoms with Gasteiger partial charge in [0.05, 0.1) is 0 Å². The molecule has 5 rings (SSSR count). The van der Waals surface area contributed by atoms with Crippen LogP contribution in [0.25, 0.3) is 0 Å². The van der Waals surface area contributed by atoms with E-state index in [1.807, 2.05) is 0 Å². The van der Waals surface area contributed by atoms with Crippen molar-refractivity contribution in [1.82, 2.24) is 20.4 Å². The summed E-state index contributed by atoms with van der Waals surface area (Å²) in [4.78, 5) is 57.1. The van der Waals surface area contributed by atoms with E-state index in [-0.39, 0.29) is 28.2 Å². The minimum absolute atomic E-state index is 0.0403. The molecule has 0 unspecified atom stereocenters. The Morgan fingerprint density at radius 1 is 1.38 bits per heavy atom. The van der Waals surface area contributed by atoms with Crippen LogP contribution in [-0.4, -0.2) is 78.5 Å². The number of aliphatic carboxylic acids is 1. The van der Waals surface area contributed by atoms with E-state index in [1.165, 1.54) is 28.1 Å². The van der Waals surface area contributed by atoms with E-state index >= 15 is 0 Å². The Labute approximate surface area is 216 Å². The molecule has 5 N–H and O–H groups in total. The van der Waals surface area contributed by atoms with Gasteiger partial charge in [-0.2, -0.15) is 0 Å². The van der Waals surface area contributed by atoms with Gasteiger partial charge in [0.25, 0.3) is 17.7 Å². The molecule has 5 heterocycles. The van der Waals surface area contributed by atoms with Crippen molar-refractivity contribution in [2.24, 2.45) is 5.16 Å². The number of nitrogens with zero attached hydrogens (tertiary/aromatic N) is 5. The molecule has 192 valence electrons. The number of aromatic nitrogens is 2. The van der Waals surface area contributed by atoms with Crippen LogP contribution in [0.2, 0.25) is 0 Å². The van der Waals surface area contributed by atoms with Gasteiger partial charge in [-0.25, -0.2) is 9.78 Å². The highest BCUT2D eigenvalue weighted by molar-refractivity contribution is 8.00. The summed E-state index contributed by atoms with van der Waals surface area (Å²) in [6, 6.07) is 0.584. The number of aryl methyl sites for hydroxylation is 1. The van der Waals surface area contributed by atoms with Crippen molar-refractivity contribution in [3.63, 3.8) is 0 Å². The summed E-state index contributed by atoms with van der Waals surface area (Å²) < 4.78 is 5.03. The summed E-state index contributed by atoms with van der Waals surface area (Å²) in [5.74, 6) is -2.05. The third kappa shape index (κ3) is 4.23. The molecule has 14 nitrogen and oxygen atoms in total. The van der Waals surface area contributed by atoms with E-state index in [2.05, 4.69) is 20.6 Å². The number of allylic oxidation sites excluding steroid dienone is 1. The van der Waals surface area contributed by atoms with Crippen LogP contribution in [0.4, 0.5) is 10.9 Å². The molecule has 2 saturated heterocycles. The molecule has 0 saturated carbocycles. The second-order valence-electron chi connectivity index (χ2n) is 8.23. The maximum Gasteiger partial charge on any atom is 0.352 e.